The zero-order chi connectivity index (χ0) is 10.2. The molecule has 0 unspecified atom stereocenters. The number of hydrogen-bond donors (Lipinski definition) is 0. The highest BCUT2D eigenvalue weighted by molar-refractivity contribution is 5.91. The van der Waals surface area contributed by atoms with E-state index in [-0.39, 0.29) is 11.7 Å². The van der Waals surface area contributed by atoms with Crippen LogP contribution in [0, 0.1) is 11.8 Å². The molecule has 0 aromatic rings. The van der Waals surface area contributed by atoms with Gasteiger partial charge in [0.2, 0.25) is 0 Å². The molecule has 80 valence electrons. The number of epoxide rings is 1. The SMILES string of the molecule is C[C@@H](C[C@H]1CCOC1)C(=O)[C@@]1(C)CO1. The summed E-state index contributed by atoms with van der Waals surface area (Å²) >= 11 is 0. The fourth-order valence-corrected chi connectivity index (χ4v) is 2.15. The van der Waals surface area contributed by atoms with Gasteiger partial charge in [0, 0.05) is 19.1 Å². The van der Waals surface area contributed by atoms with Gasteiger partial charge in [-0.2, -0.15) is 0 Å². The van der Waals surface area contributed by atoms with E-state index in [2.05, 4.69) is 0 Å². The maximum Gasteiger partial charge on any atom is 0.169 e. The van der Waals surface area contributed by atoms with Crippen LogP contribution in [0.2, 0.25) is 0 Å². The highest BCUT2D eigenvalue weighted by Gasteiger charge is 2.48. The molecule has 2 aliphatic rings. The predicted octanol–water partition coefficient (Wildman–Crippen LogP) is 1.41. The van der Waals surface area contributed by atoms with Crippen LogP contribution in [-0.4, -0.2) is 31.2 Å². The molecule has 0 aromatic heterocycles. The van der Waals surface area contributed by atoms with E-state index >= 15 is 0 Å². The third-order valence-corrected chi connectivity index (χ3v) is 3.26. The monoisotopic (exact) mass is 198 g/mol. The van der Waals surface area contributed by atoms with Crippen LogP contribution in [0.15, 0.2) is 0 Å². The zero-order valence-electron chi connectivity index (χ0n) is 8.91. The Morgan fingerprint density at radius 3 is 2.86 bits per heavy atom. The number of rotatable bonds is 4. The summed E-state index contributed by atoms with van der Waals surface area (Å²) in [6, 6.07) is 0. The Kier molecular flexibility index (Phi) is 2.62. The van der Waals surface area contributed by atoms with E-state index < -0.39 is 5.60 Å². The van der Waals surface area contributed by atoms with Crippen LogP contribution in [0.1, 0.15) is 26.7 Å². The molecule has 0 bridgehead atoms. The molecule has 3 nitrogen and oxygen atoms in total. The van der Waals surface area contributed by atoms with Crippen molar-refractivity contribution in [3.05, 3.63) is 0 Å². The zero-order valence-corrected chi connectivity index (χ0v) is 8.91. The Morgan fingerprint density at radius 1 is 1.64 bits per heavy atom. The lowest BCUT2D eigenvalue weighted by Crippen LogP contribution is -2.28. The van der Waals surface area contributed by atoms with Gasteiger partial charge in [0.15, 0.2) is 5.78 Å². The second kappa shape index (κ2) is 3.63. The van der Waals surface area contributed by atoms with Crippen LogP contribution < -0.4 is 0 Å². The molecule has 3 atom stereocenters. The minimum atomic E-state index is -0.446. The molecule has 2 saturated heterocycles. The minimum Gasteiger partial charge on any atom is -0.381 e. The van der Waals surface area contributed by atoms with E-state index in [1.54, 1.807) is 0 Å². The summed E-state index contributed by atoms with van der Waals surface area (Å²) in [5.41, 5.74) is -0.446. The van der Waals surface area contributed by atoms with Gasteiger partial charge in [0.05, 0.1) is 6.61 Å². The highest BCUT2D eigenvalue weighted by atomic mass is 16.6. The van der Waals surface area contributed by atoms with Crippen molar-refractivity contribution in [1.29, 1.82) is 0 Å². The topological polar surface area (TPSA) is 38.8 Å². The standard InChI is InChI=1S/C11H18O3/c1-8(5-9-3-4-13-6-9)10(12)11(2)7-14-11/h8-9H,3-7H2,1-2H3/t8-,9+,11+/m0/s1. The lowest BCUT2D eigenvalue weighted by atomic mass is 9.87. The van der Waals surface area contributed by atoms with E-state index in [1.807, 2.05) is 13.8 Å². The van der Waals surface area contributed by atoms with E-state index in [0.29, 0.717) is 12.5 Å². The minimum absolute atomic E-state index is 0.120. The van der Waals surface area contributed by atoms with Crippen LogP contribution >= 0.6 is 0 Å². The summed E-state index contributed by atoms with van der Waals surface area (Å²) in [7, 11) is 0. The third kappa shape index (κ3) is 1.98. The molecule has 0 aliphatic carbocycles. The van der Waals surface area contributed by atoms with Crippen molar-refractivity contribution in [2.24, 2.45) is 11.8 Å². The molecule has 0 aromatic carbocycles. The number of carbonyl (C=O) groups is 1. The van der Waals surface area contributed by atoms with Crippen molar-refractivity contribution in [1.82, 2.24) is 0 Å². The van der Waals surface area contributed by atoms with Crippen LogP contribution in [0.3, 0.4) is 0 Å². The normalized spacial score (nSPS) is 38.3. The molecule has 0 radical (unpaired) electrons. The molecule has 2 heterocycles. The molecule has 0 amide bonds. The van der Waals surface area contributed by atoms with Crippen LogP contribution in [0.25, 0.3) is 0 Å². The highest BCUT2D eigenvalue weighted by Crippen LogP contribution is 2.33. The van der Waals surface area contributed by atoms with Gasteiger partial charge in [-0.05, 0) is 25.7 Å². The molecule has 0 saturated carbocycles. The van der Waals surface area contributed by atoms with Crippen LogP contribution in [0.4, 0.5) is 0 Å². The van der Waals surface area contributed by atoms with Gasteiger partial charge in [0.25, 0.3) is 0 Å². The summed E-state index contributed by atoms with van der Waals surface area (Å²) in [4.78, 5) is 11.8. The van der Waals surface area contributed by atoms with Crippen molar-refractivity contribution < 1.29 is 14.3 Å². The van der Waals surface area contributed by atoms with Gasteiger partial charge in [-0.15, -0.1) is 0 Å². The van der Waals surface area contributed by atoms with Crippen molar-refractivity contribution in [3.63, 3.8) is 0 Å². The smallest absolute Gasteiger partial charge is 0.169 e. The van der Waals surface area contributed by atoms with E-state index in [1.165, 1.54) is 0 Å². The Balaban J connectivity index is 1.82. The third-order valence-electron chi connectivity index (χ3n) is 3.26. The molecule has 0 N–H and O–H groups in total. The first kappa shape index (κ1) is 10.1. The molecule has 14 heavy (non-hydrogen) atoms. The molecule has 2 fully saturated rings. The number of ketones is 1. The predicted molar refractivity (Wildman–Crippen MR) is 52.1 cm³/mol. The summed E-state index contributed by atoms with van der Waals surface area (Å²) < 4.78 is 10.5. The van der Waals surface area contributed by atoms with Crippen molar-refractivity contribution in [2.45, 2.75) is 32.3 Å². The maximum absolute atomic E-state index is 11.8. The molecule has 2 aliphatic heterocycles. The molecule has 0 spiro atoms. The average molecular weight is 198 g/mol. The lowest BCUT2D eigenvalue weighted by Gasteiger charge is -2.15. The largest absolute Gasteiger partial charge is 0.381 e. The summed E-state index contributed by atoms with van der Waals surface area (Å²) in [6.45, 7) is 6.19. The number of Topliss-reactive ketones (excluding diaryl/α,β-unsaturated/α-hetero) is 1. The van der Waals surface area contributed by atoms with E-state index in [9.17, 15) is 4.79 Å². The van der Waals surface area contributed by atoms with E-state index in [0.717, 1.165) is 26.1 Å². The van der Waals surface area contributed by atoms with Crippen LogP contribution in [-0.2, 0) is 14.3 Å². The first-order chi connectivity index (χ1) is 6.62. The Bertz CT molecular complexity index is 227. The van der Waals surface area contributed by atoms with Crippen molar-refractivity contribution >= 4 is 5.78 Å². The van der Waals surface area contributed by atoms with Crippen molar-refractivity contribution in [3.8, 4) is 0 Å². The maximum atomic E-state index is 11.8. The second-order valence-electron chi connectivity index (χ2n) is 4.75. The fourth-order valence-electron chi connectivity index (χ4n) is 2.15. The Labute approximate surface area is 84.8 Å². The first-order valence-corrected chi connectivity index (χ1v) is 5.38. The molecular formula is C11H18O3. The number of carbonyl (C=O) groups excluding carboxylic acids is 1. The molecular weight excluding hydrogens is 180 g/mol. The Hall–Kier alpha value is -0.410. The van der Waals surface area contributed by atoms with Crippen LogP contribution in [0.5, 0.6) is 0 Å². The summed E-state index contributed by atoms with van der Waals surface area (Å²) in [6.07, 6.45) is 2.06. The quantitative estimate of drug-likeness (QED) is 0.641. The van der Waals surface area contributed by atoms with Gasteiger partial charge in [-0.1, -0.05) is 6.92 Å². The van der Waals surface area contributed by atoms with Gasteiger partial charge in [-0.25, -0.2) is 0 Å². The van der Waals surface area contributed by atoms with Gasteiger partial charge in [0.1, 0.15) is 5.60 Å². The van der Waals surface area contributed by atoms with Crippen molar-refractivity contribution in [2.75, 3.05) is 19.8 Å². The first-order valence-electron chi connectivity index (χ1n) is 5.38. The van der Waals surface area contributed by atoms with Gasteiger partial charge < -0.3 is 9.47 Å². The summed E-state index contributed by atoms with van der Waals surface area (Å²) in [5.74, 6) is 0.967. The number of ether oxygens (including phenoxy) is 2. The Morgan fingerprint density at radius 2 is 2.36 bits per heavy atom. The average Bonchev–Trinajstić information content (AvgIpc) is 2.71. The molecule has 3 heteroatoms. The summed E-state index contributed by atoms with van der Waals surface area (Å²) in [5, 5.41) is 0. The lowest BCUT2D eigenvalue weighted by molar-refractivity contribution is -0.127. The van der Waals surface area contributed by atoms with Gasteiger partial charge >= 0.3 is 0 Å². The van der Waals surface area contributed by atoms with Gasteiger partial charge in [-0.3, -0.25) is 4.79 Å². The molecule has 2 rings (SSSR count). The number of hydrogen-bond acceptors (Lipinski definition) is 3. The van der Waals surface area contributed by atoms with E-state index in [4.69, 9.17) is 9.47 Å². The second-order valence-corrected chi connectivity index (χ2v) is 4.75. The fraction of sp³-hybridized carbons (Fsp3) is 0.909.